The molecule has 0 radical (unpaired) electrons. The third kappa shape index (κ3) is 2.38. The highest BCUT2D eigenvalue weighted by molar-refractivity contribution is 5.73. The Kier molecular flexibility index (Phi) is 3.82. The summed E-state index contributed by atoms with van der Waals surface area (Å²) in [5.74, 6) is 0.193. The molecule has 2 heterocycles. The molecule has 0 bridgehead atoms. The summed E-state index contributed by atoms with van der Waals surface area (Å²) in [6.07, 6.45) is 4.47. The first-order chi connectivity index (χ1) is 7.72. The van der Waals surface area contributed by atoms with Gasteiger partial charge in [0.05, 0.1) is 6.61 Å². The Labute approximate surface area is 97.2 Å². The molecule has 16 heavy (non-hydrogen) atoms. The normalized spacial score (nSPS) is 28.6. The summed E-state index contributed by atoms with van der Waals surface area (Å²) in [5, 5.41) is 9.30. The number of carbonyl (C=O) groups excluding carboxylic acids is 1. The van der Waals surface area contributed by atoms with E-state index in [-0.39, 0.29) is 12.5 Å². The van der Waals surface area contributed by atoms with Crippen molar-refractivity contribution in [3.63, 3.8) is 0 Å². The molecule has 0 aromatic rings. The van der Waals surface area contributed by atoms with E-state index in [0.29, 0.717) is 12.1 Å². The van der Waals surface area contributed by atoms with E-state index in [1.165, 1.54) is 6.42 Å². The molecule has 1 amide bonds. The first kappa shape index (κ1) is 11.9. The van der Waals surface area contributed by atoms with Crippen molar-refractivity contribution in [3.8, 4) is 0 Å². The zero-order valence-corrected chi connectivity index (χ0v) is 10.1. The minimum absolute atomic E-state index is 0.193. The molecule has 2 saturated heterocycles. The van der Waals surface area contributed by atoms with Crippen molar-refractivity contribution in [2.24, 2.45) is 0 Å². The van der Waals surface area contributed by atoms with Crippen molar-refractivity contribution in [2.75, 3.05) is 26.2 Å². The Morgan fingerprint density at radius 1 is 1.25 bits per heavy atom. The Balaban J connectivity index is 1.86. The van der Waals surface area contributed by atoms with Crippen LogP contribution in [0.2, 0.25) is 0 Å². The van der Waals surface area contributed by atoms with Crippen molar-refractivity contribution in [2.45, 2.75) is 44.7 Å². The van der Waals surface area contributed by atoms with Gasteiger partial charge in [-0.2, -0.15) is 0 Å². The van der Waals surface area contributed by atoms with Crippen LogP contribution in [-0.4, -0.2) is 59.1 Å². The lowest BCUT2D eigenvalue weighted by molar-refractivity contribution is -0.130. The average molecular weight is 226 g/mol. The standard InChI is InChI=1S/C12H22N2O2/c1-10(16)13-7-4-11(5-8-13)14-6-2-3-12(14)9-15/h11-12,15H,2-9H2,1H3. The Morgan fingerprint density at radius 2 is 1.94 bits per heavy atom. The van der Waals surface area contributed by atoms with Gasteiger partial charge in [0.2, 0.25) is 5.91 Å². The fourth-order valence-electron chi connectivity index (χ4n) is 3.05. The molecule has 4 heteroatoms. The van der Waals surface area contributed by atoms with E-state index in [1.54, 1.807) is 6.92 Å². The second-order valence-electron chi connectivity index (χ2n) is 4.95. The Hall–Kier alpha value is -0.610. The van der Waals surface area contributed by atoms with Crippen LogP contribution in [0.4, 0.5) is 0 Å². The fourth-order valence-corrected chi connectivity index (χ4v) is 3.05. The monoisotopic (exact) mass is 226 g/mol. The minimum atomic E-state index is 0.193. The van der Waals surface area contributed by atoms with Crippen LogP contribution in [0.1, 0.15) is 32.6 Å². The van der Waals surface area contributed by atoms with Crippen molar-refractivity contribution < 1.29 is 9.90 Å². The van der Waals surface area contributed by atoms with E-state index in [9.17, 15) is 9.90 Å². The zero-order chi connectivity index (χ0) is 11.5. The number of carbonyl (C=O) groups is 1. The lowest BCUT2D eigenvalue weighted by Gasteiger charge is -2.38. The highest BCUT2D eigenvalue weighted by Gasteiger charge is 2.32. The predicted octanol–water partition coefficient (Wildman–Crippen LogP) is 0.454. The van der Waals surface area contributed by atoms with Crippen LogP contribution in [0.25, 0.3) is 0 Å². The highest BCUT2D eigenvalue weighted by atomic mass is 16.3. The molecule has 0 saturated carbocycles. The van der Waals surface area contributed by atoms with Gasteiger partial charge in [-0.05, 0) is 32.2 Å². The van der Waals surface area contributed by atoms with E-state index in [2.05, 4.69) is 4.90 Å². The predicted molar refractivity (Wildman–Crippen MR) is 62.1 cm³/mol. The van der Waals surface area contributed by atoms with E-state index in [4.69, 9.17) is 0 Å². The average Bonchev–Trinajstić information content (AvgIpc) is 2.77. The topological polar surface area (TPSA) is 43.8 Å². The number of piperidine rings is 1. The van der Waals surface area contributed by atoms with Crippen LogP contribution in [-0.2, 0) is 4.79 Å². The van der Waals surface area contributed by atoms with Crippen LogP contribution in [0.5, 0.6) is 0 Å². The van der Waals surface area contributed by atoms with Gasteiger partial charge in [-0.1, -0.05) is 0 Å². The van der Waals surface area contributed by atoms with Crippen molar-refractivity contribution in [3.05, 3.63) is 0 Å². The van der Waals surface area contributed by atoms with Gasteiger partial charge in [-0.25, -0.2) is 0 Å². The van der Waals surface area contributed by atoms with Gasteiger partial charge in [0.25, 0.3) is 0 Å². The summed E-state index contributed by atoms with van der Waals surface area (Å²) in [6.45, 7) is 4.82. The van der Waals surface area contributed by atoms with Crippen LogP contribution in [0.3, 0.4) is 0 Å². The summed E-state index contributed by atoms with van der Waals surface area (Å²) in [6, 6.07) is 0.948. The first-order valence-electron chi connectivity index (χ1n) is 6.34. The van der Waals surface area contributed by atoms with E-state index < -0.39 is 0 Å². The molecule has 0 spiro atoms. The third-order valence-corrected chi connectivity index (χ3v) is 4.01. The maximum atomic E-state index is 11.2. The molecule has 2 aliphatic rings. The summed E-state index contributed by atoms with van der Waals surface area (Å²) < 4.78 is 0. The second-order valence-corrected chi connectivity index (χ2v) is 4.95. The third-order valence-electron chi connectivity index (χ3n) is 4.01. The zero-order valence-electron chi connectivity index (χ0n) is 10.1. The van der Waals surface area contributed by atoms with Crippen LogP contribution >= 0.6 is 0 Å². The number of nitrogens with zero attached hydrogens (tertiary/aromatic N) is 2. The molecular formula is C12H22N2O2. The molecule has 92 valence electrons. The van der Waals surface area contributed by atoms with Gasteiger partial charge < -0.3 is 10.0 Å². The molecule has 2 rings (SSSR count). The van der Waals surface area contributed by atoms with E-state index >= 15 is 0 Å². The smallest absolute Gasteiger partial charge is 0.219 e. The van der Waals surface area contributed by atoms with Crippen molar-refractivity contribution >= 4 is 5.91 Å². The molecule has 1 atom stereocenters. The van der Waals surface area contributed by atoms with Gasteiger partial charge in [0.15, 0.2) is 0 Å². The molecule has 2 fully saturated rings. The molecule has 1 unspecified atom stereocenters. The van der Waals surface area contributed by atoms with E-state index in [0.717, 1.165) is 38.9 Å². The number of rotatable bonds is 2. The lowest BCUT2D eigenvalue weighted by atomic mass is 10.0. The van der Waals surface area contributed by atoms with Gasteiger partial charge in [-0.15, -0.1) is 0 Å². The lowest BCUT2D eigenvalue weighted by Crippen LogP contribution is -2.48. The molecule has 0 aromatic carbocycles. The van der Waals surface area contributed by atoms with Gasteiger partial charge in [0, 0.05) is 32.1 Å². The van der Waals surface area contributed by atoms with Gasteiger partial charge in [-0.3, -0.25) is 9.69 Å². The highest BCUT2D eigenvalue weighted by Crippen LogP contribution is 2.25. The van der Waals surface area contributed by atoms with E-state index in [1.807, 2.05) is 4.90 Å². The Bertz CT molecular complexity index is 249. The minimum Gasteiger partial charge on any atom is -0.395 e. The summed E-state index contributed by atoms with van der Waals surface area (Å²) in [7, 11) is 0. The molecule has 2 aliphatic heterocycles. The maximum absolute atomic E-state index is 11.2. The largest absolute Gasteiger partial charge is 0.395 e. The molecule has 0 aromatic heterocycles. The number of aliphatic hydroxyl groups is 1. The molecule has 1 N–H and O–H groups in total. The second kappa shape index (κ2) is 5.15. The first-order valence-corrected chi connectivity index (χ1v) is 6.34. The van der Waals surface area contributed by atoms with Crippen LogP contribution < -0.4 is 0 Å². The fraction of sp³-hybridized carbons (Fsp3) is 0.917. The van der Waals surface area contributed by atoms with Gasteiger partial charge in [0.1, 0.15) is 0 Å². The van der Waals surface area contributed by atoms with Crippen molar-refractivity contribution in [1.82, 2.24) is 9.80 Å². The van der Waals surface area contributed by atoms with Crippen LogP contribution in [0.15, 0.2) is 0 Å². The van der Waals surface area contributed by atoms with Gasteiger partial charge >= 0.3 is 0 Å². The molecular weight excluding hydrogens is 204 g/mol. The number of hydrogen-bond donors (Lipinski definition) is 1. The number of aliphatic hydroxyl groups excluding tert-OH is 1. The van der Waals surface area contributed by atoms with Crippen molar-refractivity contribution in [1.29, 1.82) is 0 Å². The Morgan fingerprint density at radius 3 is 2.50 bits per heavy atom. The summed E-state index contributed by atoms with van der Waals surface area (Å²) >= 11 is 0. The number of likely N-dealkylation sites (tertiary alicyclic amines) is 2. The quantitative estimate of drug-likeness (QED) is 0.743. The van der Waals surface area contributed by atoms with Crippen LogP contribution in [0, 0.1) is 0 Å². The molecule has 4 nitrogen and oxygen atoms in total. The molecule has 0 aliphatic carbocycles. The number of amides is 1. The summed E-state index contributed by atoms with van der Waals surface area (Å²) in [4.78, 5) is 15.6. The SMILES string of the molecule is CC(=O)N1CCC(N2CCCC2CO)CC1. The maximum Gasteiger partial charge on any atom is 0.219 e. The summed E-state index contributed by atoms with van der Waals surface area (Å²) in [5.41, 5.74) is 0. The number of hydrogen-bond acceptors (Lipinski definition) is 3.